The number of unbranched alkanes of at least 4 members (excludes halogenated alkanes) is 2. The van der Waals surface area contributed by atoms with Gasteiger partial charge in [-0.25, -0.2) is 0 Å². The molecule has 0 saturated heterocycles. The van der Waals surface area contributed by atoms with E-state index in [1.165, 1.54) is 18.4 Å². The zero-order valence-corrected chi connectivity index (χ0v) is 17.7. The molecule has 0 aliphatic heterocycles. The summed E-state index contributed by atoms with van der Waals surface area (Å²) in [7, 11) is 3.31. The fourth-order valence-corrected chi connectivity index (χ4v) is 2.26. The van der Waals surface area contributed by atoms with E-state index >= 15 is 0 Å². The summed E-state index contributed by atoms with van der Waals surface area (Å²) in [5.41, 5.74) is 1.21. The Balaban J connectivity index is 0.00000529. The van der Waals surface area contributed by atoms with Gasteiger partial charge in [0.2, 0.25) is 0 Å². The Bertz CT molecular complexity index is 481. The van der Waals surface area contributed by atoms with Crippen LogP contribution in [0.5, 0.6) is 11.5 Å². The van der Waals surface area contributed by atoms with Gasteiger partial charge in [0.15, 0.2) is 17.5 Å². The van der Waals surface area contributed by atoms with E-state index in [4.69, 9.17) is 9.47 Å². The van der Waals surface area contributed by atoms with Gasteiger partial charge in [-0.15, -0.1) is 24.0 Å². The highest BCUT2D eigenvalue weighted by atomic mass is 127. The fourth-order valence-electron chi connectivity index (χ4n) is 2.26. The highest BCUT2D eigenvalue weighted by Gasteiger charge is 2.04. The minimum atomic E-state index is 0. The van der Waals surface area contributed by atoms with Crippen molar-refractivity contribution in [1.29, 1.82) is 0 Å². The molecule has 0 aliphatic carbocycles. The van der Waals surface area contributed by atoms with Crippen molar-refractivity contribution in [1.82, 2.24) is 10.6 Å². The van der Waals surface area contributed by atoms with Gasteiger partial charge in [0, 0.05) is 19.6 Å². The molecule has 138 valence electrons. The Hall–Kier alpha value is -1.18. The molecule has 0 aliphatic rings. The number of hydrogen-bond acceptors (Lipinski definition) is 3. The van der Waals surface area contributed by atoms with Gasteiger partial charge in [-0.3, -0.25) is 4.99 Å². The third kappa shape index (κ3) is 8.61. The lowest BCUT2D eigenvalue weighted by Gasteiger charge is -2.12. The predicted octanol–water partition coefficient (Wildman–Crippen LogP) is 3.61. The molecule has 5 nitrogen and oxygen atoms in total. The fraction of sp³-hybridized carbons (Fsp3) is 0.611. The van der Waals surface area contributed by atoms with Gasteiger partial charge in [0.1, 0.15) is 0 Å². The van der Waals surface area contributed by atoms with Crippen LogP contribution in [0.2, 0.25) is 0 Å². The molecule has 1 aromatic rings. The van der Waals surface area contributed by atoms with Crippen LogP contribution in [0.25, 0.3) is 0 Å². The molecule has 0 saturated carbocycles. The molecule has 1 rings (SSSR count). The lowest BCUT2D eigenvalue weighted by Crippen LogP contribution is -2.38. The summed E-state index contributed by atoms with van der Waals surface area (Å²) in [5, 5.41) is 6.66. The van der Waals surface area contributed by atoms with Crippen molar-refractivity contribution in [2.75, 3.05) is 33.9 Å². The Morgan fingerprint density at radius 3 is 2.42 bits per heavy atom. The van der Waals surface area contributed by atoms with Crippen molar-refractivity contribution in [3.8, 4) is 11.5 Å². The molecule has 0 spiro atoms. The molecule has 0 atom stereocenters. The second-order valence-electron chi connectivity index (χ2n) is 5.33. The summed E-state index contributed by atoms with van der Waals surface area (Å²) < 4.78 is 10.6. The van der Waals surface area contributed by atoms with Crippen LogP contribution in [0.4, 0.5) is 0 Å². The highest BCUT2D eigenvalue weighted by Crippen LogP contribution is 2.27. The first-order valence-corrected chi connectivity index (χ1v) is 8.48. The monoisotopic (exact) mass is 449 g/mol. The molecule has 0 amide bonds. The minimum Gasteiger partial charge on any atom is -0.493 e. The number of nitrogens with zero attached hydrogens (tertiary/aromatic N) is 1. The number of rotatable bonds is 10. The number of guanidine groups is 1. The molecule has 0 heterocycles. The van der Waals surface area contributed by atoms with Crippen LogP contribution in [0, 0.1) is 0 Å². The van der Waals surface area contributed by atoms with Gasteiger partial charge in [0.05, 0.1) is 14.2 Å². The summed E-state index contributed by atoms with van der Waals surface area (Å²) >= 11 is 0. The van der Waals surface area contributed by atoms with E-state index in [9.17, 15) is 0 Å². The maximum absolute atomic E-state index is 5.34. The lowest BCUT2D eigenvalue weighted by atomic mass is 10.1. The first-order valence-electron chi connectivity index (χ1n) is 8.48. The molecular formula is C18H32IN3O2. The Kier molecular flexibility index (Phi) is 13.5. The molecule has 0 radical (unpaired) electrons. The van der Waals surface area contributed by atoms with Gasteiger partial charge in [0.25, 0.3) is 0 Å². The van der Waals surface area contributed by atoms with Crippen LogP contribution in [0.15, 0.2) is 23.2 Å². The number of ether oxygens (including phenoxy) is 2. The Labute approximate surface area is 163 Å². The van der Waals surface area contributed by atoms with Crippen molar-refractivity contribution in [3.05, 3.63) is 23.8 Å². The highest BCUT2D eigenvalue weighted by molar-refractivity contribution is 14.0. The molecule has 0 bridgehead atoms. The van der Waals surface area contributed by atoms with E-state index in [0.717, 1.165) is 49.9 Å². The third-order valence-electron chi connectivity index (χ3n) is 3.53. The number of benzene rings is 1. The maximum atomic E-state index is 5.34. The smallest absolute Gasteiger partial charge is 0.191 e. The van der Waals surface area contributed by atoms with Crippen LogP contribution >= 0.6 is 24.0 Å². The Morgan fingerprint density at radius 1 is 1.04 bits per heavy atom. The van der Waals surface area contributed by atoms with Crippen molar-refractivity contribution in [3.63, 3.8) is 0 Å². The van der Waals surface area contributed by atoms with E-state index in [1.807, 2.05) is 12.1 Å². The average Bonchev–Trinajstić information content (AvgIpc) is 2.58. The van der Waals surface area contributed by atoms with E-state index in [-0.39, 0.29) is 24.0 Å². The predicted molar refractivity (Wildman–Crippen MR) is 112 cm³/mol. The zero-order valence-electron chi connectivity index (χ0n) is 15.4. The van der Waals surface area contributed by atoms with Crippen LogP contribution in [-0.4, -0.2) is 39.8 Å². The quantitative estimate of drug-likeness (QED) is 0.248. The average molecular weight is 449 g/mol. The van der Waals surface area contributed by atoms with E-state index in [2.05, 4.69) is 35.5 Å². The SMILES string of the molecule is CCCCCN=C(NCC)NCCc1ccc(OC)c(OC)c1.I. The first-order chi connectivity index (χ1) is 11.2. The summed E-state index contributed by atoms with van der Waals surface area (Å²) in [5.74, 6) is 2.42. The van der Waals surface area contributed by atoms with E-state index in [0.29, 0.717) is 0 Å². The second-order valence-corrected chi connectivity index (χ2v) is 5.33. The summed E-state index contributed by atoms with van der Waals surface area (Å²) in [6, 6.07) is 6.03. The van der Waals surface area contributed by atoms with E-state index < -0.39 is 0 Å². The summed E-state index contributed by atoms with van der Waals surface area (Å²) in [4.78, 5) is 4.59. The number of nitrogens with one attached hydrogen (secondary N) is 2. The topological polar surface area (TPSA) is 54.9 Å². The van der Waals surface area contributed by atoms with Gasteiger partial charge in [-0.2, -0.15) is 0 Å². The molecule has 0 aromatic heterocycles. The summed E-state index contributed by atoms with van der Waals surface area (Å²) in [6.45, 7) is 6.86. The molecule has 1 aromatic carbocycles. The molecule has 0 fully saturated rings. The van der Waals surface area contributed by atoms with Crippen molar-refractivity contribution >= 4 is 29.9 Å². The molecule has 6 heteroatoms. The number of hydrogen-bond donors (Lipinski definition) is 2. The molecular weight excluding hydrogens is 417 g/mol. The largest absolute Gasteiger partial charge is 0.493 e. The molecule has 0 unspecified atom stereocenters. The van der Waals surface area contributed by atoms with Crippen molar-refractivity contribution in [2.45, 2.75) is 39.5 Å². The van der Waals surface area contributed by atoms with Crippen LogP contribution in [0.3, 0.4) is 0 Å². The number of methoxy groups -OCH3 is 2. The van der Waals surface area contributed by atoms with Crippen LogP contribution in [0.1, 0.15) is 38.7 Å². The molecule has 24 heavy (non-hydrogen) atoms. The van der Waals surface area contributed by atoms with Crippen molar-refractivity contribution in [2.24, 2.45) is 4.99 Å². The van der Waals surface area contributed by atoms with E-state index in [1.54, 1.807) is 14.2 Å². The van der Waals surface area contributed by atoms with Crippen LogP contribution < -0.4 is 20.1 Å². The van der Waals surface area contributed by atoms with Gasteiger partial charge in [-0.1, -0.05) is 25.8 Å². The lowest BCUT2D eigenvalue weighted by molar-refractivity contribution is 0.354. The maximum Gasteiger partial charge on any atom is 0.191 e. The number of aliphatic imine (C=N–C) groups is 1. The first kappa shape index (κ1) is 22.8. The van der Waals surface area contributed by atoms with Gasteiger partial charge >= 0.3 is 0 Å². The van der Waals surface area contributed by atoms with Crippen LogP contribution in [-0.2, 0) is 6.42 Å². The normalized spacial score (nSPS) is 10.8. The zero-order chi connectivity index (χ0) is 16.9. The second kappa shape index (κ2) is 14.2. The molecule has 2 N–H and O–H groups in total. The standard InChI is InChI=1S/C18H31N3O2.HI/c1-5-7-8-12-20-18(19-6-2)21-13-11-15-9-10-16(22-3)17(14-15)23-4;/h9-10,14H,5-8,11-13H2,1-4H3,(H2,19,20,21);1H. The third-order valence-corrected chi connectivity index (χ3v) is 3.53. The minimum absolute atomic E-state index is 0. The van der Waals surface area contributed by atoms with Gasteiger partial charge < -0.3 is 20.1 Å². The van der Waals surface area contributed by atoms with Gasteiger partial charge in [-0.05, 0) is 37.5 Å². The summed E-state index contributed by atoms with van der Waals surface area (Å²) in [6.07, 6.45) is 4.50. The number of halogens is 1. The Morgan fingerprint density at radius 2 is 1.79 bits per heavy atom. The van der Waals surface area contributed by atoms with Crippen molar-refractivity contribution < 1.29 is 9.47 Å².